The number of benzene rings is 2. The fraction of sp³-hybridized carbons (Fsp3) is 0.286. The standard InChI is InChI=1S/C21H21FN4O2S/c22-14-7-9-15(10-8-14)24-20-17-5-1-2-6-18(17)25-21(26-20)29-13-19(27)23-12-16-4-3-11-28-16/h1-2,5-10,16H,3-4,11-13H2,(H,23,27)(H,24,25,26)/t16-/m1/s1. The maximum atomic E-state index is 13.2. The van der Waals surface area contributed by atoms with Crippen molar-refractivity contribution in [3.63, 3.8) is 0 Å². The number of fused-ring (bicyclic) bond motifs is 1. The number of hydrogen-bond donors (Lipinski definition) is 2. The summed E-state index contributed by atoms with van der Waals surface area (Å²) in [4.78, 5) is 21.3. The zero-order valence-electron chi connectivity index (χ0n) is 15.7. The molecule has 3 aromatic rings. The largest absolute Gasteiger partial charge is 0.376 e. The molecule has 1 fully saturated rings. The fourth-order valence-corrected chi connectivity index (χ4v) is 3.78. The van der Waals surface area contributed by atoms with E-state index < -0.39 is 0 Å². The van der Waals surface area contributed by atoms with Crippen LogP contribution in [0, 0.1) is 5.82 Å². The number of aromatic nitrogens is 2. The van der Waals surface area contributed by atoms with Crippen molar-refractivity contribution in [1.29, 1.82) is 0 Å². The Kier molecular flexibility index (Phi) is 6.21. The van der Waals surface area contributed by atoms with Crippen molar-refractivity contribution in [3.8, 4) is 0 Å². The molecule has 2 heterocycles. The molecule has 1 aromatic heterocycles. The van der Waals surface area contributed by atoms with Crippen LogP contribution in [0.15, 0.2) is 53.7 Å². The highest BCUT2D eigenvalue weighted by Gasteiger charge is 2.16. The first-order chi connectivity index (χ1) is 14.2. The van der Waals surface area contributed by atoms with E-state index in [1.165, 1.54) is 23.9 Å². The highest BCUT2D eigenvalue weighted by atomic mass is 32.2. The summed E-state index contributed by atoms with van der Waals surface area (Å²) >= 11 is 1.28. The Morgan fingerprint density at radius 1 is 1.17 bits per heavy atom. The van der Waals surface area contributed by atoms with E-state index in [4.69, 9.17) is 4.74 Å². The number of anilines is 2. The summed E-state index contributed by atoms with van der Waals surface area (Å²) in [6.07, 6.45) is 2.15. The van der Waals surface area contributed by atoms with Crippen molar-refractivity contribution in [3.05, 3.63) is 54.3 Å². The van der Waals surface area contributed by atoms with Gasteiger partial charge in [-0.25, -0.2) is 14.4 Å². The third kappa shape index (κ3) is 5.21. The predicted octanol–water partition coefficient (Wildman–Crippen LogP) is 3.90. The topological polar surface area (TPSA) is 76.1 Å². The Hall–Kier alpha value is -2.71. The van der Waals surface area contributed by atoms with Gasteiger partial charge in [0.2, 0.25) is 5.91 Å². The zero-order valence-corrected chi connectivity index (χ0v) is 16.5. The van der Waals surface area contributed by atoms with E-state index in [-0.39, 0.29) is 23.6 Å². The number of halogens is 1. The lowest BCUT2D eigenvalue weighted by molar-refractivity contribution is -0.119. The number of nitrogens with one attached hydrogen (secondary N) is 2. The number of nitrogens with zero attached hydrogens (tertiary/aromatic N) is 2. The van der Waals surface area contributed by atoms with E-state index in [2.05, 4.69) is 20.6 Å². The summed E-state index contributed by atoms with van der Waals surface area (Å²) in [5.41, 5.74) is 1.50. The highest BCUT2D eigenvalue weighted by Crippen LogP contribution is 2.27. The Labute approximate surface area is 172 Å². The zero-order chi connectivity index (χ0) is 20.1. The average molecular weight is 412 g/mol. The lowest BCUT2D eigenvalue weighted by Gasteiger charge is -2.12. The Balaban J connectivity index is 1.46. The van der Waals surface area contributed by atoms with Gasteiger partial charge in [-0.2, -0.15) is 0 Å². The molecule has 2 N–H and O–H groups in total. The minimum Gasteiger partial charge on any atom is -0.376 e. The van der Waals surface area contributed by atoms with E-state index in [0.29, 0.717) is 17.5 Å². The van der Waals surface area contributed by atoms with Crippen LogP contribution in [0.4, 0.5) is 15.9 Å². The molecule has 1 atom stereocenters. The van der Waals surface area contributed by atoms with Gasteiger partial charge < -0.3 is 15.4 Å². The molecule has 6 nitrogen and oxygen atoms in total. The van der Waals surface area contributed by atoms with Crippen LogP contribution >= 0.6 is 11.8 Å². The normalized spacial score (nSPS) is 16.1. The van der Waals surface area contributed by atoms with Crippen LogP contribution in [-0.4, -0.2) is 40.9 Å². The van der Waals surface area contributed by atoms with Crippen LogP contribution in [0.1, 0.15) is 12.8 Å². The second kappa shape index (κ2) is 9.19. The molecule has 29 heavy (non-hydrogen) atoms. The van der Waals surface area contributed by atoms with Gasteiger partial charge >= 0.3 is 0 Å². The second-order valence-corrected chi connectivity index (χ2v) is 7.67. The molecule has 2 aromatic carbocycles. The van der Waals surface area contributed by atoms with Crippen LogP contribution in [0.5, 0.6) is 0 Å². The lowest BCUT2D eigenvalue weighted by Crippen LogP contribution is -2.32. The fourth-order valence-electron chi connectivity index (χ4n) is 3.10. The third-order valence-corrected chi connectivity index (χ3v) is 5.42. The maximum Gasteiger partial charge on any atom is 0.230 e. The van der Waals surface area contributed by atoms with Gasteiger partial charge in [0.1, 0.15) is 11.6 Å². The van der Waals surface area contributed by atoms with Crippen LogP contribution in [0.25, 0.3) is 10.9 Å². The molecule has 1 saturated heterocycles. The van der Waals surface area contributed by atoms with Gasteiger partial charge in [0.05, 0.1) is 17.4 Å². The molecule has 150 valence electrons. The van der Waals surface area contributed by atoms with Gasteiger partial charge in [0.15, 0.2) is 5.16 Å². The van der Waals surface area contributed by atoms with Gasteiger partial charge in [-0.1, -0.05) is 23.9 Å². The molecule has 0 aliphatic carbocycles. The molecule has 1 aliphatic heterocycles. The first-order valence-electron chi connectivity index (χ1n) is 9.48. The Morgan fingerprint density at radius 2 is 2.00 bits per heavy atom. The molecule has 4 rings (SSSR count). The second-order valence-electron chi connectivity index (χ2n) is 6.73. The van der Waals surface area contributed by atoms with Gasteiger partial charge in [-0.15, -0.1) is 0 Å². The van der Waals surface area contributed by atoms with Gasteiger partial charge in [0.25, 0.3) is 0 Å². The molecule has 0 spiro atoms. The third-order valence-electron chi connectivity index (χ3n) is 4.57. The SMILES string of the molecule is O=C(CSc1nc(Nc2ccc(F)cc2)c2ccccc2n1)NC[C@H]1CCCO1. The number of thioether (sulfide) groups is 1. The summed E-state index contributed by atoms with van der Waals surface area (Å²) in [6.45, 7) is 1.30. The minimum atomic E-state index is -0.298. The molecular formula is C21H21FN4O2S. The van der Waals surface area contributed by atoms with Crippen molar-refractivity contribution in [1.82, 2.24) is 15.3 Å². The molecule has 8 heteroatoms. The highest BCUT2D eigenvalue weighted by molar-refractivity contribution is 7.99. The number of hydrogen-bond acceptors (Lipinski definition) is 6. The number of carbonyl (C=O) groups excluding carboxylic acids is 1. The van der Waals surface area contributed by atoms with Crippen molar-refractivity contribution in [2.45, 2.75) is 24.1 Å². The van der Waals surface area contributed by atoms with Gasteiger partial charge in [0, 0.05) is 24.2 Å². The number of amides is 1. The van der Waals surface area contributed by atoms with Crippen LogP contribution < -0.4 is 10.6 Å². The average Bonchev–Trinajstić information content (AvgIpc) is 3.26. The molecule has 1 aliphatic rings. The molecule has 0 unspecified atom stereocenters. The first kappa shape index (κ1) is 19.6. The predicted molar refractivity (Wildman–Crippen MR) is 112 cm³/mol. The quantitative estimate of drug-likeness (QED) is 0.453. The van der Waals surface area contributed by atoms with Crippen molar-refractivity contribution >= 4 is 40.1 Å². The summed E-state index contributed by atoms with van der Waals surface area (Å²) in [7, 11) is 0. The smallest absolute Gasteiger partial charge is 0.230 e. The van der Waals surface area contributed by atoms with Crippen LogP contribution in [0.2, 0.25) is 0 Å². The molecule has 0 radical (unpaired) electrons. The molecule has 0 saturated carbocycles. The van der Waals surface area contributed by atoms with Crippen molar-refractivity contribution in [2.75, 3.05) is 24.2 Å². The lowest BCUT2D eigenvalue weighted by atomic mass is 10.2. The van der Waals surface area contributed by atoms with E-state index >= 15 is 0 Å². The van der Waals surface area contributed by atoms with E-state index in [9.17, 15) is 9.18 Å². The van der Waals surface area contributed by atoms with Gasteiger partial charge in [-0.05, 0) is 49.2 Å². The number of rotatable bonds is 7. The summed E-state index contributed by atoms with van der Waals surface area (Å²) in [5.74, 6) is 0.467. The van der Waals surface area contributed by atoms with E-state index in [1.54, 1.807) is 12.1 Å². The Morgan fingerprint density at radius 3 is 2.79 bits per heavy atom. The summed E-state index contributed by atoms with van der Waals surface area (Å²) in [5, 5.41) is 7.47. The molecular weight excluding hydrogens is 391 g/mol. The van der Waals surface area contributed by atoms with Crippen LogP contribution in [0.3, 0.4) is 0 Å². The number of carbonyl (C=O) groups is 1. The van der Waals surface area contributed by atoms with E-state index in [0.717, 1.165) is 36.0 Å². The van der Waals surface area contributed by atoms with Crippen LogP contribution in [-0.2, 0) is 9.53 Å². The molecule has 1 amide bonds. The number of para-hydroxylation sites is 1. The first-order valence-corrected chi connectivity index (χ1v) is 10.5. The molecule has 0 bridgehead atoms. The van der Waals surface area contributed by atoms with Crippen molar-refractivity contribution < 1.29 is 13.9 Å². The minimum absolute atomic E-state index is 0.0738. The van der Waals surface area contributed by atoms with Gasteiger partial charge in [-0.3, -0.25) is 4.79 Å². The summed E-state index contributed by atoms with van der Waals surface area (Å²) < 4.78 is 18.7. The van der Waals surface area contributed by atoms with E-state index in [1.807, 2.05) is 24.3 Å². The monoisotopic (exact) mass is 412 g/mol. The Bertz CT molecular complexity index is 994. The van der Waals surface area contributed by atoms with Crippen molar-refractivity contribution in [2.24, 2.45) is 0 Å². The maximum absolute atomic E-state index is 13.2. The number of ether oxygens (including phenoxy) is 1. The summed E-state index contributed by atoms with van der Waals surface area (Å²) in [6, 6.07) is 13.7.